The van der Waals surface area contributed by atoms with Gasteiger partial charge in [-0.15, -0.1) is 0 Å². The lowest BCUT2D eigenvalue weighted by Crippen LogP contribution is -2.38. The summed E-state index contributed by atoms with van der Waals surface area (Å²) in [5, 5.41) is 9.02. The molecule has 1 heterocycles. The second kappa shape index (κ2) is 3.12. The highest BCUT2D eigenvalue weighted by Crippen LogP contribution is 2.32. The first-order valence-corrected chi connectivity index (χ1v) is 3.92. The zero-order valence-corrected chi connectivity index (χ0v) is 7.37. The fourth-order valence-electron chi connectivity index (χ4n) is 1.28. The molecule has 1 fully saturated rings. The fraction of sp³-hybridized carbons (Fsp3) is 0.875. The number of carbonyl (C=O) groups excluding carboxylic acids is 1. The van der Waals surface area contributed by atoms with E-state index in [1.54, 1.807) is 13.8 Å². The quantitative estimate of drug-likeness (QED) is 0.616. The third-order valence-electron chi connectivity index (χ3n) is 1.89. The van der Waals surface area contributed by atoms with Gasteiger partial charge < -0.3 is 19.4 Å². The van der Waals surface area contributed by atoms with Crippen LogP contribution in [0.5, 0.6) is 0 Å². The first kappa shape index (κ1) is 9.64. The van der Waals surface area contributed by atoms with E-state index >= 15 is 0 Å². The summed E-state index contributed by atoms with van der Waals surface area (Å²) in [5.74, 6) is -0.689. The van der Waals surface area contributed by atoms with Crippen molar-refractivity contribution in [3.05, 3.63) is 0 Å². The van der Waals surface area contributed by atoms with Gasteiger partial charge in [0, 0.05) is 6.42 Å². The molecule has 1 saturated heterocycles. The number of hydrogen-bond donors (Lipinski definition) is 1. The Morgan fingerprint density at radius 1 is 1.58 bits per heavy atom. The zero-order chi connectivity index (χ0) is 9.24. The van der Waals surface area contributed by atoms with E-state index < -0.39 is 11.4 Å². The van der Waals surface area contributed by atoms with Gasteiger partial charge in [0.05, 0.1) is 13.2 Å². The molecule has 0 radical (unpaired) electrons. The Bertz CT molecular complexity index is 178. The van der Waals surface area contributed by atoms with Crippen molar-refractivity contribution >= 4 is 6.29 Å². The highest BCUT2D eigenvalue weighted by molar-refractivity contribution is 5.51. The number of hydrogen-bond acceptors (Lipinski definition) is 4. The van der Waals surface area contributed by atoms with Crippen LogP contribution in [0.25, 0.3) is 0 Å². The molecule has 4 nitrogen and oxygen atoms in total. The van der Waals surface area contributed by atoms with Crippen molar-refractivity contribution in [2.24, 2.45) is 0 Å². The van der Waals surface area contributed by atoms with Crippen LogP contribution in [0.15, 0.2) is 0 Å². The molecule has 1 aliphatic heterocycles. The Morgan fingerprint density at radius 2 is 2.25 bits per heavy atom. The molecule has 0 spiro atoms. The van der Waals surface area contributed by atoms with Crippen LogP contribution in [-0.2, 0) is 14.3 Å². The van der Waals surface area contributed by atoms with Gasteiger partial charge in [-0.05, 0) is 13.8 Å². The van der Waals surface area contributed by atoms with Crippen LogP contribution < -0.4 is 0 Å². The lowest BCUT2D eigenvalue weighted by Gasteiger charge is -2.24. The van der Waals surface area contributed by atoms with Gasteiger partial charge in [0.1, 0.15) is 11.9 Å². The lowest BCUT2D eigenvalue weighted by atomic mass is 10.0. The van der Waals surface area contributed by atoms with Gasteiger partial charge in [-0.2, -0.15) is 0 Å². The summed E-state index contributed by atoms with van der Waals surface area (Å²) in [6.45, 7) is 3.61. The maximum Gasteiger partial charge on any atom is 0.163 e. The van der Waals surface area contributed by atoms with E-state index in [-0.39, 0.29) is 19.6 Å². The fourth-order valence-corrected chi connectivity index (χ4v) is 1.28. The molecule has 12 heavy (non-hydrogen) atoms. The molecule has 1 N–H and O–H groups in total. The van der Waals surface area contributed by atoms with Crippen LogP contribution in [-0.4, -0.2) is 36.0 Å². The van der Waals surface area contributed by atoms with Crippen molar-refractivity contribution in [2.45, 2.75) is 31.7 Å². The van der Waals surface area contributed by atoms with E-state index in [0.717, 1.165) is 6.29 Å². The molecule has 70 valence electrons. The maximum atomic E-state index is 10.3. The van der Waals surface area contributed by atoms with Gasteiger partial charge >= 0.3 is 0 Å². The normalized spacial score (nSPS) is 33.6. The van der Waals surface area contributed by atoms with Crippen LogP contribution in [0.2, 0.25) is 0 Å². The monoisotopic (exact) mass is 174 g/mol. The minimum atomic E-state index is -0.814. The topological polar surface area (TPSA) is 55.8 Å². The predicted octanol–water partition coefficient (Wildman–Crippen LogP) is 0.0894. The van der Waals surface area contributed by atoms with Gasteiger partial charge in [-0.1, -0.05) is 0 Å². The highest BCUT2D eigenvalue weighted by atomic mass is 16.8. The number of rotatable bonds is 3. The van der Waals surface area contributed by atoms with E-state index in [9.17, 15) is 4.79 Å². The molecule has 0 aromatic rings. The average molecular weight is 174 g/mol. The molecule has 0 bridgehead atoms. The van der Waals surface area contributed by atoms with Crippen LogP contribution in [0.4, 0.5) is 0 Å². The number of aliphatic hydroxyl groups is 1. The molecule has 1 rings (SSSR count). The summed E-state index contributed by atoms with van der Waals surface area (Å²) >= 11 is 0. The SMILES string of the molecule is CC1(C)OCC(CO)(CC=O)O1. The highest BCUT2D eigenvalue weighted by Gasteiger charge is 2.44. The van der Waals surface area contributed by atoms with Gasteiger partial charge in [0.2, 0.25) is 0 Å². The number of ether oxygens (including phenoxy) is 2. The van der Waals surface area contributed by atoms with Crippen LogP contribution >= 0.6 is 0 Å². The standard InChI is InChI=1S/C8H14O4/c1-7(2)11-6-8(5-10,12-7)3-4-9/h4,10H,3,5-6H2,1-2H3. The number of aliphatic hydroxyl groups excluding tert-OH is 1. The smallest absolute Gasteiger partial charge is 0.163 e. The Kier molecular flexibility index (Phi) is 2.51. The summed E-state index contributed by atoms with van der Waals surface area (Å²) in [5.41, 5.74) is -0.814. The van der Waals surface area contributed by atoms with Crippen molar-refractivity contribution in [3.8, 4) is 0 Å². The second-order valence-electron chi connectivity index (χ2n) is 3.50. The predicted molar refractivity (Wildman–Crippen MR) is 41.6 cm³/mol. The van der Waals surface area contributed by atoms with Crippen LogP contribution in [0.3, 0.4) is 0 Å². The minimum Gasteiger partial charge on any atom is -0.393 e. The van der Waals surface area contributed by atoms with E-state index in [1.807, 2.05) is 0 Å². The summed E-state index contributed by atoms with van der Waals surface area (Å²) < 4.78 is 10.7. The summed E-state index contributed by atoms with van der Waals surface area (Å²) in [4.78, 5) is 10.3. The second-order valence-corrected chi connectivity index (χ2v) is 3.50. The van der Waals surface area contributed by atoms with E-state index in [4.69, 9.17) is 14.6 Å². The number of aldehydes is 1. The van der Waals surface area contributed by atoms with Crippen molar-refractivity contribution in [1.82, 2.24) is 0 Å². The first-order valence-electron chi connectivity index (χ1n) is 3.92. The van der Waals surface area contributed by atoms with E-state index in [2.05, 4.69) is 0 Å². The molecule has 0 amide bonds. The van der Waals surface area contributed by atoms with Crippen LogP contribution in [0.1, 0.15) is 20.3 Å². The zero-order valence-electron chi connectivity index (χ0n) is 7.37. The molecule has 0 aliphatic carbocycles. The largest absolute Gasteiger partial charge is 0.393 e. The third kappa shape index (κ3) is 1.83. The lowest BCUT2D eigenvalue weighted by molar-refractivity contribution is -0.170. The van der Waals surface area contributed by atoms with E-state index in [1.165, 1.54) is 0 Å². The van der Waals surface area contributed by atoms with Gasteiger partial charge in [-0.3, -0.25) is 0 Å². The molecule has 0 aromatic carbocycles. The molecule has 1 atom stereocenters. The van der Waals surface area contributed by atoms with E-state index in [0.29, 0.717) is 0 Å². The van der Waals surface area contributed by atoms with Gasteiger partial charge in [0.25, 0.3) is 0 Å². The molecular formula is C8H14O4. The van der Waals surface area contributed by atoms with Gasteiger partial charge in [0.15, 0.2) is 5.79 Å². The van der Waals surface area contributed by atoms with Crippen molar-refractivity contribution in [2.75, 3.05) is 13.2 Å². The Balaban J connectivity index is 2.65. The Hall–Kier alpha value is -0.450. The molecule has 1 aliphatic rings. The van der Waals surface area contributed by atoms with Gasteiger partial charge in [-0.25, -0.2) is 0 Å². The summed E-state index contributed by atoms with van der Waals surface area (Å²) in [6, 6.07) is 0. The average Bonchev–Trinajstić information content (AvgIpc) is 2.29. The molecular weight excluding hydrogens is 160 g/mol. The number of carbonyl (C=O) groups is 1. The Morgan fingerprint density at radius 3 is 2.58 bits per heavy atom. The summed E-state index contributed by atoms with van der Waals surface area (Å²) in [6.07, 6.45) is 0.911. The molecule has 4 heteroatoms. The van der Waals surface area contributed by atoms with Crippen molar-refractivity contribution in [1.29, 1.82) is 0 Å². The maximum absolute atomic E-state index is 10.3. The Labute approximate surface area is 71.5 Å². The molecule has 1 unspecified atom stereocenters. The minimum absolute atomic E-state index is 0.174. The molecule has 0 saturated carbocycles. The van der Waals surface area contributed by atoms with Crippen molar-refractivity contribution < 1.29 is 19.4 Å². The first-order chi connectivity index (χ1) is 5.54. The van der Waals surface area contributed by atoms with Crippen molar-refractivity contribution in [3.63, 3.8) is 0 Å². The molecule has 0 aromatic heterocycles. The third-order valence-corrected chi connectivity index (χ3v) is 1.89. The van der Waals surface area contributed by atoms with Crippen LogP contribution in [0, 0.1) is 0 Å². The summed E-state index contributed by atoms with van der Waals surface area (Å²) in [7, 11) is 0.